The van der Waals surface area contributed by atoms with Crippen LogP contribution in [0.2, 0.25) is 0 Å². The molecule has 1 saturated carbocycles. The molecular formula is C10H19NO3. The van der Waals surface area contributed by atoms with Gasteiger partial charge in [0.05, 0.1) is 0 Å². The predicted molar refractivity (Wildman–Crippen MR) is 53.2 cm³/mol. The second-order valence-corrected chi connectivity index (χ2v) is 5.22. The summed E-state index contributed by atoms with van der Waals surface area (Å²) in [5.41, 5.74) is -0.455. The number of rotatable bonds is 2. The Morgan fingerprint density at radius 2 is 2.00 bits per heavy atom. The number of nitrogens with one attached hydrogen (secondary N) is 1. The summed E-state index contributed by atoms with van der Waals surface area (Å²) in [5, 5.41) is 20.3. The number of carbonyl (C=O) groups is 1. The van der Waals surface area contributed by atoms with E-state index < -0.39 is 6.09 Å². The Hall–Kier alpha value is -0.770. The van der Waals surface area contributed by atoms with Crippen LogP contribution in [0.25, 0.3) is 0 Å². The first-order valence-corrected chi connectivity index (χ1v) is 4.93. The fraction of sp³-hybridized carbons (Fsp3) is 0.900. The Balaban J connectivity index is 2.70. The molecule has 0 heterocycles. The van der Waals surface area contributed by atoms with Crippen molar-refractivity contribution in [3.05, 3.63) is 0 Å². The molecule has 0 spiro atoms. The SMILES string of the molecule is CC(C)(C)[C@]1(NC(=O)O)C[C@H](CO)C1. The van der Waals surface area contributed by atoms with Gasteiger partial charge in [0.1, 0.15) is 0 Å². The Bertz CT molecular complexity index is 226. The Labute approximate surface area is 84.3 Å². The van der Waals surface area contributed by atoms with Crippen molar-refractivity contribution in [2.45, 2.75) is 39.2 Å². The van der Waals surface area contributed by atoms with Gasteiger partial charge in [0, 0.05) is 12.1 Å². The Morgan fingerprint density at radius 3 is 2.29 bits per heavy atom. The zero-order valence-electron chi connectivity index (χ0n) is 9.00. The van der Waals surface area contributed by atoms with Gasteiger partial charge in [0.2, 0.25) is 0 Å². The highest BCUT2D eigenvalue weighted by Gasteiger charge is 2.52. The van der Waals surface area contributed by atoms with E-state index in [1.807, 2.05) is 20.8 Å². The van der Waals surface area contributed by atoms with Crippen LogP contribution in [0.1, 0.15) is 33.6 Å². The van der Waals surface area contributed by atoms with Crippen LogP contribution in [0, 0.1) is 11.3 Å². The van der Waals surface area contributed by atoms with Gasteiger partial charge in [0.25, 0.3) is 0 Å². The second kappa shape index (κ2) is 3.42. The summed E-state index contributed by atoms with van der Waals surface area (Å²) in [6.07, 6.45) is 0.495. The molecule has 1 aliphatic carbocycles. The van der Waals surface area contributed by atoms with Crippen molar-refractivity contribution < 1.29 is 15.0 Å². The standard InChI is InChI=1S/C10H19NO3/c1-9(2,3)10(11-8(13)14)4-7(5-10)6-12/h7,11-12H,4-6H2,1-3H3,(H,13,14)/t7-,10-. The summed E-state index contributed by atoms with van der Waals surface area (Å²) in [6.45, 7) is 6.22. The molecule has 0 saturated heterocycles. The summed E-state index contributed by atoms with van der Waals surface area (Å²) in [6, 6.07) is 0. The number of hydrogen-bond donors (Lipinski definition) is 3. The maximum atomic E-state index is 10.7. The summed E-state index contributed by atoms with van der Waals surface area (Å²) in [4.78, 5) is 10.7. The fourth-order valence-electron chi connectivity index (χ4n) is 2.16. The van der Waals surface area contributed by atoms with Crippen molar-refractivity contribution in [3.63, 3.8) is 0 Å². The van der Waals surface area contributed by atoms with Crippen molar-refractivity contribution in [3.8, 4) is 0 Å². The molecular weight excluding hydrogens is 182 g/mol. The van der Waals surface area contributed by atoms with Crippen LogP contribution < -0.4 is 5.32 Å². The van der Waals surface area contributed by atoms with E-state index in [4.69, 9.17) is 10.2 Å². The molecule has 0 aromatic heterocycles. The van der Waals surface area contributed by atoms with Crippen molar-refractivity contribution in [1.29, 1.82) is 0 Å². The van der Waals surface area contributed by atoms with Crippen molar-refractivity contribution >= 4 is 6.09 Å². The van der Waals surface area contributed by atoms with E-state index in [0.29, 0.717) is 0 Å². The van der Waals surface area contributed by atoms with Crippen molar-refractivity contribution in [2.75, 3.05) is 6.61 Å². The van der Waals surface area contributed by atoms with E-state index in [9.17, 15) is 4.79 Å². The molecule has 0 radical (unpaired) electrons. The van der Waals surface area contributed by atoms with Crippen molar-refractivity contribution in [2.24, 2.45) is 11.3 Å². The number of hydrogen-bond acceptors (Lipinski definition) is 2. The Morgan fingerprint density at radius 1 is 1.50 bits per heavy atom. The van der Waals surface area contributed by atoms with Crippen LogP contribution in [-0.4, -0.2) is 28.5 Å². The molecule has 4 nitrogen and oxygen atoms in total. The summed E-state index contributed by atoms with van der Waals surface area (Å²) < 4.78 is 0. The lowest BCUT2D eigenvalue weighted by atomic mass is 9.57. The minimum Gasteiger partial charge on any atom is -0.465 e. The molecule has 0 aromatic carbocycles. The maximum absolute atomic E-state index is 10.7. The molecule has 3 N–H and O–H groups in total. The molecule has 14 heavy (non-hydrogen) atoms. The summed E-state index contributed by atoms with van der Waals surface area (Å²) >= 11 is 0. The highest BCUT2D eigenvalue weighted by Crippen LogP contribution is 2.48. The van der Waals surface area contributed by atoms with Crippen LogP contribution in [0.3, 0.4) is 0 Å². The minimum atomic E-state index is -0.976. The molecule has 1 rings (SSSR count). The van der Waals surface area contributed by atoms with Crippen LogP contribution in [0.4, 0.5) is 4.79 Å². The lowest BCUT2D eigenvalue weighted by Gasteiger charge is -2.55. The van der Waals surface area contributed by atoms with Gasteiger partial charge in [0.15, 0.2) is 0 Å². The lowest BCUT2D eigenvalue weighted by Crippen LogP contribution is -2.64. The average Bonchev–Trinajstić information content (AvgIpc) is 1.92. The summed E-state index contributed by atoms with van der Waals surface area (Å²) in [5.74, 6) is 0.251. The van der Waals surface area contributed by atoms with Gasteiger partial charge in [-0.1, -0.05) is 20.8 Å². The number of aliphatic hydroxyl groups excluding tert-OH is 1. The first-order valence-electron chi connectivity index (χ1n) is 4.93. The van der Waals surface area contributed by atoms with Crippen LogP contribution in [0.15, 0.2) is 0 Å². The van der Waals surface area contributed by atoms with E-state index in [0.717, 1.165) is 12.8 Å². The molecule has 0 bridgehead atoms. The van der Waals surface area contributed by atoms with Crippen LogP contribution in [0.5, 0.6) is 0 Å². The molecule has 0 aromatic rings. The average molecular weight is 201 g/mol. The zero-order valence-corrected chi connectivity index (χ0v) is 9.00. The van der Waals surface area contributed by atoms with Gasteiger partial charge in [-0.3, -0.25) is 0 Å². The zero-order chi connectivity index (χ0) is 11.0. The van der Waals surface area contributed by atoms with Gasteiger partial charge in [-0.15, -0.1) is 0 Å². The van der Waals surface area contributed by atoms with E-state index in [-0.39, 0.29) is 23.5 Å². The highest BCUT2D eigenvalue weighted by atomic mass is 16.4. The van der Waals surface area contributed by atoms with Crippen LogP contribution >= 0.6 is 0 Å². The lowest BCUT2D eigenvalue weighted by molar-refractivity contribution is -0.0175. The molecule has 1 fully saturated rings. The molecule has 4 heteroatoms. The number of amides is 1. The second-order valence-electron chi connectivity index (χ2n) is 5.22. The van der Waals surface area contributed by atoms with E-state index in [1.54, 1.807) is 0 Å². The van der Waals surface area contributed by atoms with Gasteiger partial charge in [-0.25, -0.2) is 4.79 Å². The smallest absolute Gasteiger partial charge is 0.405 e. The monoisotopic (exact) mass is 201 g/mol. The molecule has 0 unspecified atom stereocenters. The maximum Gasteiger partial charge on any atom is 0.405 e. The first-order chi connectivity index (χ1) is 6.31. The van der Waals surface area contributed by atoms with E-state index in [1.165, 1.54) is 0 Å². The Kier molecular flexibility index (Phi) is 2.76. The molecule has 82 valence electrons. The van der Waals surface area contributed by atoms with E-state index >= 15 is 0 Å². The number of aliphatic hydroxyl groups is 1. The third-order valence-electron chi connectivity index (χ3n) is 3.31. The molecule has 1 aliphatic rings. The van der Waals surface area contributed by atoms with E-state index in [2.05, 4.69) is 5.32 Å². The predicted octanol–water partition coefficient (Wildman–Crippen LogP) is 1.44. The molecule has 1 amide bonds. The minimum absolute atomic E-state index is 0.100. The first kappa shape index (κ1) is 11.3. The highest BCUT2D eigenvalue weighted by molar-refractivity contribution is 5.66. The molecule has 0 atom stereocenters. The van der Waals surface area contributed by atoms with Gasteiger partial charge in [-0.05, 0) is 24.2 Å². The largest absolute Gasteiger partial charge is 0.465 e. The molecule has 0 aliphatic heterocycles. The van der Waals surface area contributed by atoms with Gasteiger partial charge in [-0.2, -0.15) is 0 Å². The third kappa shape index (κ3) is 1.85. The summed E-state index contributed by atoms with van der Waals surface area (Å²) in [7, 11) is 0. The third-order valence-corrected chi connectivity index (χ3v) is 3.31. The normalized spacial score (nSPS) is 32.1. The fourth-order valence-corrected chi connectivity index (χ4v) is 2.16. The van der Waals surface area contributed by atoms with Gasteiger partial charge >= 0.3 is 6.09 Å². The van der Waals surface area contributed by atoms with Gasteiger partial charge < -0.3 is 15.5 Å². The number of carboxylic acid groups (broad SMARTS) is 1. The van der Waals surface area contributed by atoms with Crippen molar-refractivity contribution in [1.82, 2.24) is 5.32 Å². The quantitative estimate of drug-likeness (QED) is 0.633. The topological polar surface area (TPSA) is 69.6 Å². The van der Waals surface area contributed by atoms with Crippen LogP contribution in [-0.2, 0) is 0 Å².